The second-order valence-electron chi connectivity index (χ2n) is 5.73. The summed E-state index contributed by atoms with van der Waals surface area (Å²) >= 11 is 0. The highest BCUT2D eigenvalue weighted by Gasteiger charge is 2.15. The predicted molar refractivity (Wildman–Crippen MR) is 90.6 cm³/mol. The highest BCUT2D eigenvalue weighted by Crippen LogP contribution is 2.06. The monoisotopic (exact) mass is 349 g/mol. The molecule has 0 aliphatic rings. The highest BCUT2D eigenvalue weighted by molar-refractivity contribution is 5.90. The van der Waals surface area contributed by atoms with Crippen LogP contribution >= 0.6 is 0 Å². The quantitative estimate of drug-likeness (QED) is 0.575. The SMILES string of the molecule is Cc1cc(C)n2nc(C(=O)NCc3cn(-c4cccnc4)nn3)nc2n1. The number of aryl methyl sites for hydroxylation is 2. The van der Waals surface area contributed by atoms with Crippen molar-refractivity contribution in [3.8, 4) is 5.69 Å². The van der Waals surface area contributed by atoms with E-state index in [0.29, 0.717) is 11.5 Å². The molecule has 10 heteroatoms. The molecule has 1 N–H and O–H groups in total. The van der Waals surface area contributed by atoms with Gasteiger partial charge >= 0.3 is 0 Å². The van der Waals surface area contributed by atoms with Crippen LogP contribution in [-0.4, -0.2) is 45.5 Å². The van der Waals surface area contributed by atoms with Gasteiger partial charge in [0.2, 0.25) is 5.82 Å². The molecule has 4 heterocycles. The van der Waals surface area contributed by atoms with Crippen molar-refractivity contribution in [2.45, 2.75) is 20.4 Å². The summed E-state index contributed by atoms with van der Waals surface area (Å²) in [5.74, 6) is 0.0597. The number of pyridine rings is 1. The Hall–Kier alpha value is -3.69. The lowest BCUT2D eigenvalue weighted by Crippen LogP contribution is -2.24. The lowest BCUT2D eigenvalue weighted by molar-refractivity contribution is 0.0940. The van der Waals surface area contributed by atoms with Gasteiger partial charge in [-0.3, -0.25) is 9.78 Å². The van der Waals surface area contributed by atoms with Gasteiger partial charge in [0.1, 0.15) is 5.69 Å². The molecule has 130 valence electrons. The van der Waals surface area contributed by atoms with E-state index < -0.39 is 5.91 Å². The smallest absolute Gasteiger partial charge is 0.291 e. The molecule has 0 aliphatic heterocycles. The molecule has 4 rings (SSSR count). The third-order valence-electron chi connectivity index (χ3n) is 3.70. The number of rotatable bonds is 4. The molecule has 0 radical (unpaired) electrons. The van der Waals surface area contributed by atoms with E-state index in [-0.39, 0.29) is 12.4 Å². The summed E-state index contributed by atoms with van der Waals surface area (Å²) in [6, 6.07) is 5.55. The van der Waals surface area contributed by atoms with Crippen molar-refractivity contribution < 1.29 is 4.79 Å². The standard InChI is InChI=1S/C16H15N9O/c1-10-6-11(2)25-16(19-10)20-14(22-25)15(26)18-7-12-9-24(23-21-12)13-4-3-5-17-8-13/h3-6,8-9H,7H2,1-2H3,(H,18,26). The number of fused-ring (bicyclic) bond motifs is 1. The zero-order chi connectivity index (χ0) is 18.1. The van der Waals surface area contributed by atoms with Crippen LogP contribution in [0.4, 0.5) is 0 Å². The number of carbonyl (C=O) groups excluding carboxylic acids is 1. The van der Waals surface area contributed by atoms with Crippen LogP contribution in [0.15, 0.2) is 36.8 Å². The first kappa shape index (κ1) is 15.8. The summed E-state index contributed by atoms with van der Waals surface area (Å²) in [7, 11) is 0. The molecule has 10 nitrogen and oxygen atoms in total. The minimum atomic E-state index is -0.400. The Bertz CT molecular complexity index is 1080. The van der Waals surface area contributed by atoms with Crippen molar-refractivity contribution in [2.24, 2.45) is 0 Å². The fourth-order valence-corrected chi connectivity index (χ4v) is 2.51. The van der Waals surface area contributed by atoms with E-state index in [1.807, 2.05) is 32.0 Å². The molecule has 26 heavy (non-hydrogen) atoms. The van der Waals surface area contributed by atoms with Crippen LogP contribution in [0, 0.1) is 13.8 Å². The van der Waals surface area contributed by atoms with Crippen LogP contribution in [0.2, 0.25) is 0 Å². The molecule has 0 unspecified atom stereocenters. The first-order valence-corrected chi connectivity index (χ1v) is 7.91. The van der Waals surface area contributed by atoms with Gasteiger partial charge < -0.3 is 5.32 Å². The fraction of sp³-hybridized carbons (Fsp3) is 0.188. The molecular weight excluding hydrogens is 334 g/mol. The fourth-order valence-electron chi connectivity index (χ4n) is 2.51. The minimum absolute atomic E-state index is 0.0610. The maximum absolute atomic E-state index is 12.3. The topological polar surface area (TPSA) is 116 Å². The van der Waals surface area contributed by atoms with Gasteiger partial charge in [-0.1, -0.05) is 5.21 Å². The predicted octanol–water partition coefficient (Wildman–Crippen LogP) is 0.647. The van der Waals surface area contributed by atoms with Gasteiger partial charge in [0.15, 0.2) is 0 Å². The molecule has 0 atom stereocenters. The van der Waals surface area contributed by atoms with E-state index in [0.717, 1.165) is 17.1 Å². The summed E-state index contributed by atoms with van der Waals surface area (Å²) in [6.45, 7) is 3.96. The van der Waals surface area contributed by atoms with Crippen molar-refractivity contribution in [3.05, 3.63) is 59.7 Å². The number of hydrogen-bond donors (Lipinski definition) is 1. The highest BCUT2D eigenvalue weighted by atomic mass is 16.2. The van der Waals surface area contributed by atoms with Crippen LogP contribution in [-0.2, 0) is 6.54 Å². The number of amides is 1. The van der Waals surface area contributed by atoms with E-state index in [1.54, 1.807) is 27.8 Å². The Labute approximate surface area is 147 Å². The van der Waals surface area contributed by atoms with E-state index >= 15 is 0 Å². The average Bonchev–Trinajstić information content (AvgIpc) is 3.27. The number of aromatic nitrogens is 8. The zero-order valence-corrected chi connectivity index (χ0v) is 14.2. The van der Waals surface area contributed by atoms with Crippen LogP contribution in [0.5, 0.6) is 0 Å². The molecule has 4 aromatic rings. The van der Waals surface area contributed by atoms with E-state index in [9.17, 15) is 4.79 Å². The second kappa shape index (κ2) is 6.31. The largest absolute Gasteiger partial charge is 0.343 e. The van der Waals surface area contributed by atoms with Gasteiger partial charge in [-0.05, 0) is 32.0 Å². The first-order valence-electron chi connectivity index (χ1n) is 7.91. The third kappa shape index (κ3) is 2.99. The van der Waals surface area contributed by atoms with Crippen molar-refractivity contribution in [1.29, 1.82) is 0 Å². The Morgan fingerprint density at radius 3 is 2.96 bits per heavy atom. The van der Waals surface area contributed by atoms with Gasteiger partial charge in [0, 0.05) is 17.6 Å². The van der Waals surface area contributed by atoms with Crippen molar-refractivity contribution >= 4 is 11.7 Å². The average molecular weight is 349 g/mol. The molecule has 0 bridgehead atoms. The Balaban J connectivity index is 1.48. The van der Waals surface area contributed by atoms with Gasteiger partial charge in [0.05, 0.1) is 24.6 Å². The van der Waals surface area contributed by atoms with Gasteiger partial charge in [-0.2, -0.15) is 4.98 Å². The second-order valence-corrected chi connectivity index (χ2v) is 5.73. The number of nitrogens with one attached hydrogen (secondary N) is 1. The molecular formula is C16H15N9O. The molecule has 1 amide bonds. The first-order chi connectivity index (χ1) is 12.6. The molecule has 0 spiro atoms. The van der Waals surface area contributed by atoms with E-state index in [4.69, 9.17) is 0 Å². The number of carbonyl (C=O) groups is 1. The molecule has 0 aromatic carbocycles. The molecule has 0 fully saturated rings. The Kier molecular flexibility index (Phi) is 3.84. The van der Waals surface area contributed by atoms with Gasteiger partial charge in [0.25, 0.3) is 11.7 Å². The van der Waals surface area contributed by atoms with Crippen molar-refractivity contribution in [1.82, 2.24) is 44.9 Å². The van der Waals surface area contributed by atoms with Gasteiger partial charge in [-0.25, -0.2) is 14.2 Å². The molecule has 0 saturated carbocycles. The summed E-state index contributed by atoms with van der Waals surface area (Å²) in [5.41, 5.74) is 3.08. The van der Waals surface area contributed by atoms with Gasteiger partial charge in [-0.15, -0.1) is 10.2 Å². The number of hydrogen-bond acceptors (Lipinski definition) is 7. The van der Waals surface area contributed by atoms with Crippen LogP contribution in [0.1, 0.15) is 27.7 Å². The Morgan fingerprint density at radius 2 is 2.15 bits per heavy atom. The summed E-state index contributed by atoms with van der Waals surface area (Å²) in [6.07, 6.45) is 5.08. The van der Waals surface area contributed by atoms with Crippen LogP contribution in [0.3, 0.4) is 0 Å². The Morgan fingerprint density at radius 1 is 1.27 bits per heavy atom. The summed E-state index contributed by atoms with van der Waals surface area (Å²) in [4.78, 5) is 24.8. The minimum Gasteiger partial charge on any atom is -0.343 e. The number of nitrogens with zero attached hydrogens (tertiary/aromatic N) is 8. The van der Waals surface area contributed by atoms with Crippen molar-refractivity contribution in [2.75, 3.05) is 0 Å². The zero-order valence-electron chi connectivity index (χ0n) is 14.2. The van der Waals surface area contributed by atoms with Crippen LogP contribution < -0.4 is 5.32 Å². The normalized spacial score (nSPS) is 11.0. The summed E-state index contributed by atoms with van der Waals surface area (Å²) in [5, 5.41) is 15.0. The molecule has 0 aliphatic carbocycles. The van der Waals surface area contributed by atoms with E-state index in [2.05, 4.69) is 35.7 Å². The van der Waals surface area contributed by atoms with Crippen LogP contribution in [0.25, 0.3) is 11.5 Å². The maximum Gasteiger partial charge on any atom is 0.291 e. The lowest BCUT2D eigenvalue weighted by Gasteiger charge is -1.99. The van der Waals surface area contributed by atoms with E-state index in [1.165, 1.54) is 0 Å². The van der Waals surface area contributed by atoms with Crippen molar-refractivity contribution in [3.63, 3.8) is 0 Å². The summed E-state index contributed by atoms with van der Waals surface area (Å²) < 4.78 is 3.13. The molecule has 0 saturated heterocycles. The lowest BCUT2D eigenvalue weighted by atomic mass is 10.4. The maximum atomic E-state index is 12.3. The third-order valence-corrected chi connectivity index (χ3v) is 3.70. The molecule has 4 aromatic heterocycles.